The van der Waals surface area contributed by atoms with Gasteiger partial charge in [0.2, 0.25) is 11.8 Å². The molecule has 0 saturated heterocycles. The number of benzene rings is 1. The van der Waals surface area contributed by atoms with Crippen LogP contribution in [0, 0.1) is 5.92 Å². The average Bonchev–Trinajstić information content (AvgIpc) is 3.17. The van der Waals surface area contributed by atoms with Crippen LogP contribution in [0.15, 0.2) is 24.3 Å². The normalized spacial score (nSPS) is 15.6. The lowest BCUT2D eigenvalue weighted by Gasteiger charge is -2.24. The van der Waals surface area contributed by atoms with Crippen molar-refractivity contribution in [3.63, 3.8) is 0 Å². The first-order valence-electron chi connectivity index (χ1n) is 9.64. The molecule has 2 N–H and O–H groups in total. The summed E-state index contributed by atoms with van der Waals surface area (Å²) >= 11 is 0. The van der Waals surface area contributed by atoms with Gasteiger partial charge < -0.3 is 15.5 Å². The zero-order chi connectivity index (χ0) is 21.6. The second-order valence-corrected chi connectivity index (χ2v) is 7.23. The minimum Gasteiger partial charge on any atom is -0.344 e. The van der Waals surface area contributed by atoms with Crippen LogP contribution in [0.3, 0.4) is 0 Å². The van der Waals surface area contributed by atoms with Gasteiger partial charge in [0.05, 0.1) is 0 Å². The SMILES string of the molecule is CCN(Cc1cccc(NC(=O)C(NC(C)=O)C2CCCC2)c1)C(=O)C(F)(F)F. The van der Waals surface area contributed by atoms with Crippen LogP contribution in [-0.4, -0.2) is 41.4 Å². The monoisotopic (exact) mass is 413 g/mol. The van der Waals surface area contributed by atoms with Crippen LogP contribution < -0.4 is 10.6 Å². The topological polar surface area (TPSA) is 78.5 Å². The van der Waals surface area contributed by atoms with Crippen molar-refractivity contribution < 1.29 is 27.6 Å². The molecule has 0 radical (unpaired) electrons. The summed E-state index contributed by atoms with van der Waals surface area (Å²) in [6, 6.07) is 5.67. The second kappa shape index (κ2) is 9.76. The Labute approximate surface area is 167 Å². The average molecular weight is 413 g/mol. The summed E-state index contributed by atoms with van der Waals surface area (Å²) in [7, 11) is 0. The van der Waals surface area contributed by atoms with Gasteiger partial charge in [-0.15, -0.1) is 0 Å². The van der Waals surface area contributed by atoms with E-state index in [4.69, 9.17) is 0 Å². The largest absolute Gasteiger partial charge is 0.471 e. The molecular formula is C20H26F3N3O3. The van der Waals surface area contributed by atoms with E-state index >= 15 is 0 Å². The fraction of sp³-hybridized carbons (Fsp3) is 0.550. The summed E-state index contributed by atoms with van der Waals surface area (Å²) < 4.78 is 38.1. The lowest BCUT2D eigenvalue weighted by atomic mass is 9.97. The fourth-order valence-corrected chi connectivity index (χ4v) is 3.60. The highest BCUT2D eigenvalue weighted by Gasteiger charge is 2.42. The summed E-state index contributed by atoms with van der Waals surface area (Å²) in [4.78, 5) is 36.4. The third kappa shape index (κ3) is 6.47. The smallest absolute Gasteiger partial charge is 0.344 e. The fourth-order valence-electron chi connectivity index (χ4n) is 3.60. The molecule has 1 atom stereocenters. The number of hydrogen-bond donors (Lipinski definition) is 2. The molecule has 0 aliphatic heterocycles. The molecule has 160 valence electrons. The Morgan fingerprint density at radius 2 is 1.86 bits per heavy atom. The van der Waals surface area contributed by atoms with Gasteiger partial charge in [-0.2, -0.15) is 13.2 Å². The number of nitrogens with zero attached hydrogens (tertiary/aromatic N) is 1. The number of rotatable bonds is 7. The number of nitrogens with one attached hydrogen (secondary N) is 2. The number of carbonyl (C=O) groups excluding carboxylic acids is 3. The van der Waals surface area contributed by atoms with Gasteiger partial charge in [-0.3, -0.25) is 14.4 Å². The van der Waals surface area contributed by atoms with E-state index in [9.17, 15) is 27.6 Å². The third-order valence-corrected chi connectivity index (χ3v) is 4.99. The predicted octanol–water partition coefficient (Wildman–Crippen LogP) is 3.23. The van der Waals surface area contributed by atoms with Gasteiger partial charge in [0.15, 0.2) is 0 Å². The van der Waals surface area contributed by atoms with Gasteiger partial charge in [-0.1, -0.05) is 25.0 Å². The van der Waals surface area contributed by atoms with Crippen LogP contribution in [0.4, 0.5) is 18.9 Å². The molecular weight excluding hydrogens is 387 g/mol. The zero-order valence-electron chi connectivity index (χ0n) is 16.5. The van der Waals surface area contributed by atoms with Crippen molar-refractivity contribution in [3.8, 4) is 0 Å². The number of hydrogen-bond acceptors (Lipinski definition) is 3. The van der Waals surface area contributed by atoms with Crippen molar-refractivity contribution in [2.24, 2.45) is 5.92 Å². The maximum Gasteiger partial charge on any atom is 0.471 e. The zero-order valence-corrected chi connectivity index (χ0v) is 16.5. The Kier molecular flexibility index (Phi) is 7.64. The summed E-state index contributed by atoms with van der Waals surface area (Å²) in [6.07, 6.45) is -1.23. The van der Waals surface area contributed by atoms with E-state index in [-0.39, 0.29) is 30.8 Å². The molecule has 0 heterocycles. The molecule has 1 unspecified atom stereocenters. The highest BCUT2D eigenvalue weighted by Crippen LogP contribution is 2.28. The lowest BCUT2D eigenvalue weighted by Crippen LogP contribution is -2.47. The van der Waals surface area contributed by atoms with Crippen LogP contribution in [0.1, 0.15) is 45.1 Å². The van der Waals surface area contributed by atoms with E-state index in [0.717, 1.165) is 25.7 Å². The van der Waals surface area contributed by atoms with Crippen LogP contribution in [0.5, 0.6) is 0 Å². The van der Waals surface area contributed by atoms with E-state index in [0.29, 0.717) is 16.2 Å². The Hall–Kier alpha value is -2.58. The van der Waals surface area contributed by atoms with Gasteiger partial charge >= 0.3 is 12.1 Å². The third-order valence-electron chi connectivity index (χ3n) is 4.99. The van der Waals surface area contributed by atoms with Crippen molar-refractivity contribution in [3.05, 3.63) is 29.8 Å². The molecule has 29 heavy (non-hydrogen) atoms. The van der Waals surface area contributed by atoms with Gasteiger partial charge in [0, 0.05) is 25.7 Å². The summed E-state index contributed by atoms with van der Waals surface area (Å²) in [5, 5.41) is 5.44. The quantitative estimate of drug-likeness (QED) is 0.721. The number of anilines is 1. The number of halogens is 3. The van der Waals surface area contributed by atoms with E-state index < -0.39 is 18.1 Å². The van der Waals surface area contributed by atoms with Crippen LogP contribution in [0.25, 0.3) is 0 Å². The van der Waals surface area contributed by atoms with Crippen LogP contribution in [0.2, 0.25) is 0 Å². The minimum absolute atomic E-state index is 0.0575. The van der Waals surface area contributed by atoms with E-state index in [2.05, 4.69) is 10.6 Å². The van der Waals surface area contributed by atoms with Crippen molar-refractivity contribution >= 4 is 23.4 Å². The Morgan fingerprint density at radius 3 is 2.41 bits per heavy atom. The standard InChI is InChI=1S/C20H26F3N3O3/c1-3-26(19(29)20(21,22)23)12-14-7-6-10-16(11-14)25-18(28)17(24-13(2)27)15-8-4-5-9-15/h6-7,10-11,15,17H,3-5,8-9,12H2,1-2H3,(H,24,27)(H,25,28). The minimum atomic E-state index is -4.94. The van der Waals surface area contributed by atoms with E-state index in [1.807, 2.05) is 0 Å². The maximum atomic E-state index is 12.7. The number of carbonyl (C=O) groups is 3. The number of alkyl halides is 3. The van der Waals surface area contributed by atoms with Gasteiger partial charge in [-0.25, -0.2) is 0 Å². The molecule has 1 aromatic rings. The summed E-state index contributed by atoms with van der Waals surface area (Å²) in [6.45, 7) is 2.50. The molecule has 9 heteroatoms. The van der Waals surface area contributed by atoms with Crippen LogP contribution >= 0.6 is 0 Å². The number of amides is 3. The molecule has 0 aromatic heterocycles. The van der Waals surface area contributed by atoms with Crippen molar-refractivity contribution in [1.82, 2.24) is 10.2 Å². The Balaban J connectivity index is 2.10. The summed E-state index contributed by atoms with van der Waals surface area (Å²) in [5.74, 6) is -2.50. The summed E-state index contributed by atoms with van der Waals surface area (Å²) in [5.41, 5.74) is 0.857. The first-order valence-corrected chi connectivity index (χ1v) is 9.64. The van der Waals surface area contributed by atoms with Gasteiger partial charge in [0.1, 0.15) is 6.04 Å². The Bertz CT molecular complexity index is 746. The Morgan fingerprint density at radius 1 is 1.21 bits per heavy atom. The highest BCUT2D eigenvalue weighted by molar-refractivity contribution is 5.97. The van der Waals surface area contributed by atoms with E-state index in [1.54, 1.807) is 18.2 Å². The highest BCUT2D eigenvalue weighted by atomic mass is 19.4. The van der Waals surface area contributed by atoms with Crippen LogP contribution in [-0.2, 0) is 20.9 Å². The van der Waals surface area contributed by atoms with Gasteiger partial charge in [0.25, 0.3) is 0 Å². The lowest BCUT2D eigenvalue weighted by molar-refractivity contribution is -0.185. The van der Waals surface area contributed by atoms with Gasteiger partial charge in [-0.05, 0) is 43.4 Å². The molecule has 0 spiro atoms. The maximum absolute atomic E-state index is 12.7. The molecule has 1 fully saturated rings. The van der Waals surface area contributed by atoms with Crippen molar-refractivity contribution in [1.29, 1.82) is 0 Å². The van der Waals surface area contributed by atoms with Crippen molar-refractivity contribution in [2.75, 3.05) is 11.9 Å². The molecule has 1 aliphatic carbocycles. The van der Waals surface area contributed by atoms with Crippen molar-refractivity contribution in [2.45, 2.75) is 58.3 Å². The second-order valence-electron chi connectivity index (χ2n) is 7.23. The molecule has 2 rings (SSSR count). The molecule has 0 bridgehead atoms. The molecule has 1 aromatic carbocycles. The molecule has 3 amide bonds. The molecule has 6 nitrogen and oxygen atoms in total. The predicted molar refractivity (Wildman–Crippen MR) is 102 cm³/mol. The van der Waals surface area contributed by atoms with E-state index in [1.165, 1.54) is 19.9 Å². The molecule has 1 aliphatic rings. The first-order chi connectivity index (χ1) is 13.6. The first kappa shape index (κ1) is 22.7. The molecule has 1 saturated carbocycles.